The number of ether oxygens (including phenoxy) is 1. The van der Waals surface area contributed by atoms with Crippen LogP contribution >= 0.6 is 0 Å². The summed E-state index contributed by atoms with van der Waals surface area (Å²) in [7, 11) is 0. The molecule has 18 heavy (non-hydrogen) atoms. The maximum Gasteiger partial charge on any atom is 0.410 e. The summed E-state index contributed by atoms with van der Waals surface area (Å²) in [6.07, 6.45) is 1.84. The number of carbonyl (C=O) groups is 2. The summed E-state index contributed by atoms with van der Waals surface area (Å²) in [5, 5.41) is 9.13. The smallest absolute Gasteiger partial charge is 0.410 e. The van der Waals surface area contributed by atoms with Crippen LogP contribution in [0.1, 0.15) is 27.2 Å². The number of carbonyl (C=O) groups excluding carboxylic acids is 1. The van der Waals surface area contributed by atoms with Crippen LogP contribution < -0.4 is 0 Å². The Labute approximate surface area is 107 Å². The van der Waals surface area contributed by atoms with E-state index in [2.05, 4.69) is 6.58 Å². The van der Waals surface area contributed by atoms with Crippen LogP contribution in [-0.2, 0) is 9.53 Å². The standard InChI is InChI=1S/C13H21NO4/c1-5-6-9-7-14(8-10(9)11(15)16)12(17)18-13(2,3)4/h5,9-10H,1,6-8H2,2-4H3,(H,15,16)/t9-,10+/m0/s1. The van der Waals surface area contributed by atoms with E-state index in [-0.39, 0.29) is 12.5 Å². The number of hydrogen-bond acceptors (Lipinski definition) is 3. The third kappa shape index (κ3) is 3.75. The van der Waals surface area contributed by atoms with Crippen molar-refractivity contribution in [2.24, 2.45) is 11.8 Å². The number of amides is 1. The third-order valence-electron chi connectivity index (χ3n) is 2.88. The summed E-state index contributed by atoms with van der Waals surface area (Å²) in [5.74, 6) is -1.48. The number of aliphatic carboxylic acids is 1. The molecule has 1 rings (SSSR count). The Morgan fingerprint density at radius 1 is 1.44 bits per heavy atom. The summed E-state index contributed by atoms with van der Waals surface area (Å²) in [5.41, 5.74) is -0.563. The number of allylic oxidation sites excluding steroid dienone is 1. The van der Waals surface area contributed by atoms with Crippen molar-refractivity contribution in [2.75, 3.05) is 13.1 Å². The molecule has 1 heterocycles. The van der Waals surface area contributed by atoms with Gasteiger partial charge in [-0.25, -0.2) is 4.79 Å². The third-order valence-corrected chi connectivity index (χ3v) is 2.88. The second kappa shape index (κ2) is 5.42. The van der Waals surface area contributed by atoms with Crippen molar-refractivity contribution in [1.82, 2.24) is 4.90 Å². The van der Waals surface area contributed by atoms with E-state index in [1.165, 1.54) is 4.90 Å². The lowest BCUT2D eigenvalue weighted by atomic mass is 9.93. The van der Waals surface area contributed by atoms with Gasteiger partial charge in [-0.15, -0.1) is 6.58 Å². The van der Waals surface area contributed by atoms with E-state index in [0.717, 1.165) is 0 Å². The predicted molar refractivity (Wildman–Crippen MR) is 67.2 cm³/mol. The monoisotopic (exact) mass is 255 g/mol. The molecule has 1 saturated heterocycles. The van der Waals surface area contributed by atoms with E-state index in [4.69, 9.17) is 9.84 Å². The molecule has 0 aromatic rings. The summed E-state index contributed by atoms with van der Waals surface area (Å²) in [6, 6.07) is 0. The first-order chi connectivity index (χ1) is 8.24. The highest BCUT2D eigenvalue weighted by Gasteiger charge is 2.40. The Kier molecular flexibility index (Phi) is 4.38. The summed E-state index contributed by atoms with van der Waals surface area (Å²) < 4.78 is 5.24. The molecule has 1 aliphatic heterocycles. The van der Waals surface area contributed by atoms with E-state index in [1.54, 1.807) is 26.8 Å². The molecule has 5 nitrogen and oxygen atoms in total. The van der Waals surface area contributed by atoms with Gasteiger partial charge in [0, 0.05) is 13.1 Å². The average molecular weight is 255 g/mol. The highest BCUT2D eigenvalue weighted by Crippen LogP contribution is 2.28. The predicted octanol–water partition coefficient (Wildman–Crippen LogP) is 2.13. The largest absolute Gasteiger partial charge is 0.481 e. The molecule has 0 radical (unpaired) electrons. The van der Waals surface area contributed by atoms with Crippen molar-refractivity contribution < 1.29 is 19.4 Å². The van der Waals surface area contributed by atoms with E-state index in [0.29, 0.717) is 13.0 Å². The fourth-order valence-electron chi connectivity index (χ4n) is 2.08. The Morgan fingerprint density at radius 2 is 2.06 bits per heavy atom. The minimum Gasteiger partial charge on any atom is -0.481 e. The molecule has 0 bridgehead atoms. The number of rotatable bonds is 3. The highest BCUT2D eigenvalue weighted by atomic mass is 16.6. The van der Waals surface area contributed by atoms with Crippen LogP contribution in [0.2, 0.25) is 0 Å². The number of nitrogens with zero attached hydrogens (tertiary/aromatic N) is 1. The van der Waals surface area contributed by atoms with Crippen LogP contribution in [0.25, 0.3) is 0 Å². The van der Waals surface area contributed by atoms with Gasteiger partial charge in [-0.05, 0) is 33.1 Å². The first-order valence-electron chi connectivity index (χ1n) is 6.06. The van der Waals surface area contributed by atoms with Crippen LogP contribution in [0.4, 0.5) is 4.79 Å². The Morgan fingerprint density at radius 3 is 2.50 bits per heavy atom. The lowest BCUT2D eigenvalue weighted by molar-refractivity contribution is -0.142. The van der Waals surface area contributed by atoms with Crippen molar-refractivity contribution in [3.05, 3.63) is 12.7 Å². The van der Waals surface area contributed by atoms with Gasteiger partial charge in [0.25, 0.3) is 0 Å². The van der Waals surface area contributed by atoms with E-state index >= 15 is 0 Å². The van der Waals surface area contributed by atoms with Crippen molar-refractivity contribution >= 4 is 12.1 Å². The summed E-state index contributed by atoms with van der Waals surface area (Å²) >= 11 is 0. The molecule has 2 atom stereocenters. The lowest BCUT2D eigenvalue weighted by Crippen LogP contribution is -2.35. The number of likely N-dealkylation sites (tertiary alicyclic amines) is 1. The van der Waals surface area contributed by atoms with E-state index < -0.39 is 23.6 Å². The molecule has 0 spiro atoms. The number of carboxylic acid groups (broad SMARTS) is 1. The summed E-state index contributed by atoms with van der Waals surface area (Å²) in [4.78, 5) is 24.5. The van der Waals surface area contributed by atoms with Crippen LogP contribution in [0, 0.1) is 11.8 Å². The fraction of sp³-hybridized carbons (Fsp3) is 0.692. The molecule has 1 N–H and O–H groups in total. The minimum absolute atomic E-state index is 0.0764. The molecular weight excluding hydrogens is 234 g/mol. The SMILES string of the molecule is C=CC[C@H]1CN(C(=O)OC(C)(C)C)C[C@H]1C(=O)O. The van der Waals surface area contributed by atoms with E-state index in [9.17, 15) is 9.59 Å². The fourth-order valence-corrected chi connectivity index (χ4v) is 2.08. The highest BCUT2D eigenvalue weighted by molar-refractivity contribution is 5.74. The van der Waals surface area contributed by atoms with Crippen LogP contribution in [0.15, 0.2) is 12.7 Å². The maximum atomic E-state index is 11.9. The van der Waals surface area contributed by atoms with Crippen molar-refractivity contribution in [3.8, 4) is 0 Å². The van der Waals surface area contributed by atoms with Gasteiger partial charge < -0.3 is 14.7 Å². The zero-order valence-electron chi connectivity index (χ0n) is 11.2. The van der Waals surface area contributed by atoms with Gasteiger partial charge in [0.05, 0.1) is 5.92 Å². The van der Waals surface area contributed by atoms with Crippen molar-refractivity contribution in [3.63, 3.8) is 0 Å². The van der Waals surface area contributed by atoms with Crippen LogP contribution in [0.5, 0.6) is 0 Å². The topological polar surface area (TPSA) is 66.8 Å². The molecule has 0 unspecified atom stereocenters. The molecule has 1 amide bonds. The number of hydrogen-bond donors (Lipinski definition) is 1. The maximum absolute atomic E-state index is 11.9. The molecular formula is C13H21NO4. The lowest BCUT2D eigenvalue weighted by Gasteiger charge is -2.24. The normalized spacial score (nSPS) is 23.8. The molecule has 0 aromatic carbocycles. The van der Waals surface area contributed by atoms with Crippen LogP contribution in [-0.4, -0.2) is 40.8 Å². The van der Waals surface area contributed by atoms with Crippen molar-refractivity contribution in [1.29, 1.82) is 0 Å². The van der Waals surface area contributed by atoms with Gasteiger partial charge in [0.15, 0.2) is 0 Å². The average Bonchev–Trinajstić information content (AvgIpc) is 2.59. The van der Waals surface area contributed by atoms with Crippen molar-refractivity contribution in [2.45, 2.75) is 32.8 Å². The van der Waals surface area contributed by atoms with Gasteiger partial charge in [-0.3, -0.25) is 4.79 Å². The molecule has 102 valence electrons. The molecule has 0 aliphatic carbocycles. The molecule has 1 fully saturated rings. The second-order valence-corrected chi connectivity index (χ2v) is 5.61. The molecule has 0 saturated carbocycles. The Hall–Kier alpha value is -1.52. The molecule has 0 aromatic heterocycles. The zero-order chi connectivity index (χ0) is 13.9. The van der Waals surface area contributed by atoms with Gasteiger partial charge in [-0.2, -0.15) is 0 Å². The first-order valence-corrected chi connectivity index (χ1v) is 6.06. The number of carboxylic acids is 1. The van der Waals surface area contributed by atoms with Gasteiger partial charge in [0.2, 0.25) is 0 Å². The Balaban J connectivity index is 2.68. The minimum atomic E-state index is -0.868. The van der Waals surface area contributed by atoms with Crippen LogP contribution in [0.3, 0.4) is 0 Å². The molecule has 5 heteroatoms. The second-order valence-electron chi connectivity index (χ2n) is 5.61. The van der Waals surface area contributed by atoms with E-state index in [1.807, 2.05) is 0 Å². The Bertz CT molecular complexity index is 345. The zero-order valence-corrected chi connectivity index (χ0v) is 11.2. The van der Waals surface area contributed by atoms with Gasteiger partial charge in [0.1, 0.15) is 5.60 Å². The quantitative estimate of drug-likeness (QED) is 0.784. The first kappa shape index (κ1) is 14.5. The summed E-state index contributed by atoms with van der Waals surface area (Å²) in [6.45, 7) is 9.61. The van der Waals surface area contributed by atoms with Gasteiger partial charge >= 0.3 is 12.1 Å². The van der Waals surface area contributed by atoms with Gasteiger partial charge in [-0.1, -0.05) is 6.08 Å². The molecule has 1 aliphatic rings.